The molecule has 11 nitrogen and oxygen atoms in total. The van der Waals surface area contributed by atoms with Crippen molar-refractivity contribution in [1.82, 2.24) is 15.5 Å². The van der Waals surface area contributed by atoms with Crippen LogP contribution in [0.25, 0.3) is 0 Å². The molecule has 0 heterocycles. The maximum atomic E-state index is 13.2. The van der Waals surface area contributed by atoms with Gasteiger partial charge in [0, 0.05) is 19.9 Å². The van der Waals surface area contributed by atoms with Crippen LogP contribution in [0.3, 0.4) is 0 Å². The molecule has 0 unspecified atom stereocenters. The Morgan fingerprint density at radius 2 is 1.43 bits per heavy atom. The van der Waals surface area contributed by atoms with Crippen molar-refractivity contribution in [3.05, 3.63) is 71.8 Å². The highest BCUT2D eigenvalue weighted by molar-refractivity contribution is 5.99. The molecule has 216 valence electrons. The van der Waals surface area contributed by atoms with E-state index in [-0.39, 0.29) is 32.6 Å². The van der Waals surface area contributed by atoms with Crippen LogP contribution >= 0.6 is 0 Å². The molecule has 0 bridgehead atoms. The molecular formula is C29H38N4O7. The molecule has 2 aromatic rings. The van der Waals surface area contributed by atoms with Crippen molar-refractivity contribution >= 4 is 29.8 Å². The van der Waals surface area contributed by atoms with Crippen LogP contribution in [0.1, 0.15) is 50.2 Å². The van der Waals surface area contributed by atoms with Gasteiger partial charge in [-0.3, -0.25) is 19.2 Å². The number of imide groups is 1. The molecule has 0 aromatic heterocycles. The van der Waals surface area contributed by atoms with Crippen LogP contribution in [-0.2, 0) is 41.9 Å². The standard InChI is InChI=1S/C29H38N4O7/c1-22(34)32-19-26(35)33(29(38)40-21-24-13-6-3-7-14-24)25(15-8-9-17-30)28(37)31-18-10-16-27(36)39-20-23-11-4-2-5-12-23/h2-7,11-14,25H,8-10,15-21,30H2,1H3,(H,31,37)(H,32,34)/t25-/m0/s1. The number of carbonyl (C=O) groups is 5. The highest BCUT2D eigenvalue weighted by Crippen LogP contribution is 2.14. The number of benzene rings is 2. The Kier molecular flexibility index (Phi) is 14.5. The number of unbranched alkanes of at least 4 members (excludes halogenated alkanes) is 1. The smallest absolute Gasteiger partial charge is 0.417 e. The van der Waals surface area contributed by atoms with Crippen LogP contribution in [0.15, 0.2) is 60.7 Å². The summed E-state index contributed by atoms with van der Waals surface area (Å²) in [7, 11) is 0. The van der Waals surface area contributed by atoms with E-state index in [0.717, 1.165) is 10.5 Å². The molecule has 0 aliphatic rings. The van der Waals surface area contributed by atoms with Crippen molar-refractivity contribution in [2.75, 3.05) is 19.6 Å². The largest absolute Gasteiger partial charge is 0.461 e. The van der Waals surface area contributed by atoms with E-state index in [2.05, 4.69) is 10.6 Å². The van der Waals surface area contributed by atoms with Gasteiger partial charge in [-0.25, -0.2) is 9.69 Å². The number of nitrogens with zero attached hydrogens (tertiary/aromatic N) is 1. The van der Waals surface area contributed by atoms with E-state index < -0.39 is 42.4 Å². The number of carbonyl (C=O) groups excluding carboxylic acids is 5. The molecule has 0 saturated carbocycles. The van der Waals surface area contributed by atoms with E-state index in [1.807, 2.05) is 36.4 Å². The minimum absolute atomic E-state index is 0.0786. The van der Waals surface area contributed by atoms with Gasteiger partial charge in [-0.1, -0.05) is 60.7 Å². The first-order valence-corrected chi connectivity index (χ1v) is 13.3. The number of ether oxygens (including phenoxy) is 2. The Labute approximate surface area is 234 Å². The van der Waals surface area contributed by atoms with Gasteiger partial charge in [-0.05, 0) is 43.4 Å². The lowest BCUT2D eigenvalue weighted by molar-refractivity contribution is -0.145. The second-order valence-electron chi connectivity index (χ2n) is 9.05. The molecule has 0 aliphatic carbocycles. The first-order chi connectivity index (χ1) is 19.3. The van der Waals surface area contributed by atoms with Gasteiger partial charge in [0.25, 0.3) is 5.91 Å². The molecule has 0 fully saturated rings. The van der Waals surface area contributed by atoms with Gasteiger partial charge in [0.1, 0.15) is 19.3 Å². The zero-order valence-electron chi connectivity index (χ0n) is 22.8. The van der Waals surface area contributed by atoms with Gasteiger partial charge in [-0.15, -0.1) is 0 Å². The van der Waals surface area contributed by atoms with Crippen molar-refractivity contribution in [1.29, 1.82) is 0 Å². The fourth-order valence-corrected chi connectivity index (χ4v) is 3.71. The molecule has 0 radical (unpaired) electrons. The summed E-state index contributed by atoms with van der Waals surface area (Å²) in [5.74, 6) is -2.24. The molecular weight excluding hydrogens is 516 g/mol. The van der Waals surface area contributed by atoms with E-state index in [0.29, 0.717) is 31.4 Å². The van der Waals surface area contributed by atoms with Crippen LogP contribution in [0, 0.1) is 0 Å². The summed E-state index contributed by atoms with van der Waals surface area (Å²) in [4.78, 5) is 63.6. The summed E-state index contributed by atoms with van der Waals surface area (Å²) < 4.78 is 10.6. The zero-order valence-corrected chi connectivity index (χ0v) is 22.8. The van der Waals surface area contributed by atoms with Crippen molar-refractivity contribution < 1.29 is 33.4 Å². The lowest BCUT2D eigenvalue weighted by Gasteiger charge is -2.29. The predicted octanol–water partition coefficient (Wildman–Crippen LogP) is 2.43. The van der Waals surface area contributed by atoms with Crippen molar-refractivity contribution in [2.24, 2.45) is 5.73 Å². The quantitative estimate of drug-likeness (QED) is 0.211. The van der Waals surface area contributed by atoms with Crippen molar-refractivity contribution in [2.45, 2.75) is 58.3 Å². The topological polar surface area (TPSA) is 157 Å². The van der Waals surface area contributed by atoms with Crippen molar-refractivity contribution in [3.63, 3.8) is 0 Å². The third kappa shape index (κ3) is 12.1. The first kappa shape index (κ1) is 32.0. The fourth-order valence-electron chi connectivity index (χ4n) is 3.71. The van der Waals surface area contributed by atoms with Crippen LogP contribution in [0.4, 0.5) is 4.79 Å². The molecule has 0 aliphatic heterocycles. The monoisotopic (exact) mass is 554 g/mol. The summed E-state index contributed by atoms with van der Waals surface area (Å²) >= 11 is 0. The Bertz CT molecular complexity index is 1100. The minimum Gasteiger partial charge on any atom is -0.461 e. The molecule has 11 heteroatoms. The van der Waals surface area contributed by atoms with Crippen molar-refractivity contribution in [3.8, 4) is 0 Å². The molecule has 40 heavy (non-hydrogen) atoms. The summed E-state index contributed by atoms with van der Waals surface area (Å²) in [5, 5.41) is 5.06. The normalized spacial score (nSPS) is 11.2. The van der Waals surface area contributed by atoms with Gasteiger partial charge in [0.15, 0.2) is 0 Å². The lowest BCUT2D eigenvalue weighted by atomic mass is 10.1. The summed E-state index contributed by atoms with van der Waals surface area (Å²) in [6.45, 7) is 1.31. The van der Waals surface area contributed by atoms with Crippen LogP contribution < -0.4 is 16.4 Å². The molecule has 0 spiro atoms. The third-order valence-corrected chi connectivity index (χ3v) is 5.80. The van der Waals surface area contributed by atoms with E-state index in [1.54, 1.807) is 24.3 Å². The van der Waals surface area contributed by atoms with Crippen LogP contribution in [-0.4, -0.2) is 60.4 Å². The number of hydrogen-bond acceptors (Lipinski definition) is 8. The average molecular weight is 555 g/mol. The second kappa shape index (κ2) is 18.1. The predicted molar refractivity (Wildman–Crippen MR) is 147 cm³/mol. The Balaban J connectivity index is 2.02. The zero-order chi connectivity index (χ0) is 29.2. The number of rotatable bonds is 16. The Morgan fingerprint density at radius 1 is 0.825 bits per heavy atom. The highest BCUT2D eigenvalue weighted by atomic mass is 16.6. The van der Waals surface area contributed by atoms with Gasteiger partial charge in [0.2, 0.25) is 11.8 Å². The van der Waals surface area contributed by atoms with E-state index in [4.69, 9.17) is 15.2 Å². The number of hydrogen-bond donors (Lipinski definition) is 3. The molecule has 4 N–H and O–H groups in total. The fraction of sp³-hybridized carbons (Fsp3) is 0.414. The van der Waals surface area contributed by atoms with Gasteiger partial charge in [-0.2, -0.15) is 0 Å². The van der Waals surface area contributed by atoms with E-state index in [1.165, 1.54) is 6.92 Å². The third-order valence-electron chi connectivity index (χ3n) is 5.80. The molecule has 2 aromatic carbocycles. The number of nitrogens with one attached hydrogen (secondary N) is 2. The van der Waals surface area contributed by atoms with Crippen LogP contribution in [0.2, 0.25) is 0 Å². The SMILES string of the molecule is CC(=O)NCC(=O)N(C(=O)OCc1ccccc1)[C@@H](CCCCN)C(=O)NCCCC(=O)OCc1ccccc1. The van der Waals surface area contributed by atoms with Crippen LogP contribution in [0.5, 0.6) is 0 Å². The maximum Gasteiger partial charge on any atom is 0.417 e. The number of esters is 1. The van der Waals surface area contributed by atoms with E-state index >= 15 is 0 Å². The summed E-state index contributed by atoms with van der Waals surface area (Å²) in [5.41, 5.74) is 7.17. The van der Waals surface area contributed by atoms with E-state index in [9.17, 15) is 24.0 Å². The molecule has 4 amide bonds. The maximum absolute atomic E-state index is 13.2. The molecule has 1 atom stereocenters. The lowest BCUT2D eigenvalue weighted by Crippen LogP contribution is -2.54. The highest BCUT2D eigenvalue weighted by Gasteiger charge is 2.35. The Hall–Kier alpha value is -4.25. The molecule has 0 saturated heterocycles. The van der Waals surface area contributed by atoms with Gasteiger partial charge < -0.3 is 25.8 Å². The average Bonchev–Trinajstić information content (AvgIpc) is 2.96. The first-order valence-electron chi connectivity index (χ1n) is 13.3. The summed E-state index contributed by atoms with van der Waals surface area (Å²) in [6, 6.07) is 17.0. The van der Waals surface area contributed by atoms with Gasteiger partial charge in [0.05, 0.1) is 6.54 Å². The number of nitrogens with two attached hydrogens (primary N) is 1. The van der Waals surface area contributed by atoms with Gasteiger partial charge >= 0.3 is 12.1 Å². The minimum atomic E-state index is -1.19. The number of amides is 4. The Morgan fingerprint density at radius 3 is 2.00 bits per heavy atom. The molecule has 2 rings (SSSR count). The second-order valence-corrected chi connectivity index (χ2v) is 9.05. The summed E-state index contributed by atoms with van der Waals surface area (Å²) in [6.07, 6.45) is 0.563.